The fraction of sp³-hybridized carbons (Fsp3) is 0. The van der Waals surface area contributed by atoms with Crippen LogP contribution in [0.25, 0.3) is 0 Å². The molecule has 0 bridgehead atoms. The van der Waals surface area contributed by atoms with Crippen molar-refractivity contribution in [1.82, 2.24) is 0 Å². The summed E-state index contributed by atoms with van der Waals surface area (Å²) in [6.45, 7) is 0. The van der Waals surface area contributed by atoms with Crippen LogP contribution in [0.3, 0.4) is 0 Å². The third kappa shape index (κ3) is 19.9. The average Bonchev–Trinajstić information content (AvgIpc) is 0. The number of hydrogen-bond donors (Lipinski definition) is 0. The Balaban J connectivity index is 0. The first-order valence-corrected chi connectivity index (χ1v) is 0. The van der Waals surface area contributed by atoms with E-state index < -0.39 is 0 Å². The molecule has 0 atom stereocenters. The minimum absolute atomic E-state index is 0. The van der Waals surface area contributed by atoms with Crippen molar-refractivity contribution in [1.29, 1.82) is 0 Å². The molecular formula is Al4Mo. The fourth-order valence-electron chi connectivity index (χ4n) is 0. The first-order chi connectivity index (χ1) is 0. The molecule has 0 aromatic heterocycles. The minimum atomic E-state index is 0. The van der Waals surface area contributed by atoms with Crippen molar-refractivity contribution in [2.75, 3.05) is 0 Å². The first-order valence-electron chi connectivity index (χ1n) is 0. The zero-order chi connectivity index (χ0) is 0. The van der Waals surface area contributed by atoms with E-state index in [9.17, 15) is 0 Å². The van der Waals surface area contributed by atoms with Crippen LogP contribution in [0.4, 0.5) is 0 Å². The molecule has 0 aromatic carbocycles. The van der Waals surface area contributed by atoms with Crippen molar-refractivity contribution in [2.24, 2.45) is 0 Å². The van der Waals surface area contributed by atoms with E-state index in [1.54, 1.807) is 0 Å². The average molecular weight is 204 g/mol. The summed E-state index contributed by atoms with van der Waals surface area (Å²) >= 11 is 0. The van der Waals surface area contributed by atoms with E-state index in [-0.39, 0.29) is 90.5 Å². The van der Waals surface area contributed by atoms with Crippen LogP contribution in [0.2, 0.25) is 0 Å². The summed E-state index contributed by atoms with van der Waals surface area (Å²) < 4.78 is 0. The Bertz CT molecular complexity index is 3.61. The van der Waals surface area contributed by atoms with Gasteiger partial charge in [0.15, 0.2) is 0 Å². The second kappa shape index (κ2) is 29.1. The van der Waals surface area contributed by atoms with Gasteiger partial charge in [-0.05, 0) is 0 Å². The van der Waals surface area contributed by atoms with Crippen LogP contribution in [-0.2, 0) is 21.1 Å². The molecular weight excluding hydrogens is 204 g/mol. The van der Waals surface area contributed by atoms with Gasteiger partial charge in [0, 0.05) is 90.5 Å². The zero-order valence-electron chi connectivity index (χ0n) is 2.72. The van der Waals surface area contributed by atoms with Crippen molar-refractivity contribution in [3.05, 3.63) is 0 Å². The topological polar surface area (TPSA) is 0 Å². The monoisotopic (exact) mass is 206 g/mol. The van der Waals surface area contributed by atoms with Gasteiger partial charge in [0.25, 0.3) is 0 Å². The third-order valence-corrected chi connectivity index (χ3v) is 0. The molecule has 0 N–H and O–H groups in total. The number of rotatable bonds is 0. The molecule has 0 aliphatic heterocycles. The van der Waals surface area contributed by atoms with Gasteiger partial charge in [-0.25, -0.2) is 0 Å². The molecule has 0 amide bonds. The predicted molar refractivity (Wildman–Crippen MR) is 23.0 cm³/mol. The Hall–Kier alpha value is 2.82. The first kappa shape index (κ1) is 45.8. The summed E-state index contributed by atoms with van der Waals surface area (Å²) in [5.41, 5.74) is 0. The number of hydrogen-bond acceptors (Lipinski definition) is 0. The Morgan fingerprint density at radius 1 is 0.400 bits per heavy atom. The Morgan fingerprint density at radius 2 is 0.400 bits per heavy atom. The van der Waals surface area contributed by atoms with Crippen LogP contribution < -0.4 is 0 Å². The van der Waals surface area contributed by atoms with Crippen molar-refractivity contribution in [3.63, 3.8) is 0 Å². The minimum Gasteiger partial charge on any atom is 0 e. The van der Waals surface area contributed by atoms with Gasteiger partial charge in [-0.3, -0.25) is 0 Å². The van der Waals surface area contributed by atoms with E-state index in [4.69, 9.17) is 0 Å². The van der Waals surface area contributed by atoms with E-state index in [0.29, 0.717) is 0 Å². The van der Waals surface area contributed by atoms with Gasteiger partial charge in [-0.1, -0.05) is 0 Å². The van der Waals surface area contributed by atoms with E-state index in [2.05, 4.69) is 0 Å². The fourth-order valence-corrected chi connectivity index (χ4v) is 0. The zero-order valence-corrected chi connectivity index (χ0v) is 9.34. The molecule has 0 aliphatic rings. The van der Waals surface area contributed by atoms with Crippen molar-refractivity contribution < 1.29 is 21.1 Å². The second-order valence-corrected chi connectivity index (χ2v) is 0. The second-order valence-electron chi connectivity index (χ2n) is 0. The summed E-state index contributed by atoms with van der Waals surface area (Å²) in [6, 6.07) is 0. The summed E-state index contributed by atoms with van der Waals surface area (Å²) in [5.74, 6) is 0. The molecule has 12 radical (unpaired) electrons. The van der Waals surface area contributed by atoms with Crippen LogP contribution in [0.5, 0.6) is 0 Å². The normalized spacial score (nSPS) is 0. The summed E-state index contributed by atoms with van der Waals surface area (Å²) in [4.78, 5) is 0. The van der Waals surface area contributed by atoms with E-state index in [0.717, 1.165) is 0 Å². The molecule has 5 heavy (non-hydrogen) atoms. The van der Waals surface area contributed by atoms with Gasteiger partial charge < -0.3 is 0 Å². The van der Waals surface area contributed by atoms with Crippen LogP contribution >= 0.6 is 0 Å². The molecule has 0 heterocycles. The maximum absolute atomic E-state index is 0. The summed E-state index contributed by atoms with van der Waals surface area (Å²) in [6.07, 6.45) is 0. The van der Waals surface area contributed by atoms with Gasteiger partial charge >= 0.3 is 0 Å². The van der Waals surface area contributed by atoms with E-state index in [1.807, 2.05) is 0 Å². The van der Waals surface area contributed by atoms with Crippen LogP contribution in [0, 0.1) is 0 Å². The molecule has 0 aliphatic carbocycles. The van der Waals surface area contributed by atoms with Crippen LogP contribution in [0.1, 0.15) is 0 Å². The van der Waals surface area contributed by atoms with E-state index >= 15 is 0 Å². The van der Waals surface area contributed by atoms with E-state index in [1.165, 1.54) is 0 Å². The van der Waals surface area contributed by atoms with Gasteiger partial charge in [0.2, 0.25) is 0 Å². The molecule has 5 heteroatoms. The smallest absolute Gasteiger partial charge is 0 e. The van der Waals surface area contributed by atoms with Gasteiger partial charge in [0.1, 0.15) is 0 Å². The molecule has 0 unspecified atom stereocenters. The molecule has 0 nitrogen and oxygen atoms in total. The predicted octanol–water partition coefficient (Wildman–Crippen LogP) is -1.53. The van der Waals surface area contributed by atoms with Crippen molar-refractivity contribution >= 4 is 69.4 Å². The molecule has 0 rings (SSSR count). The molecule has 0 aromatic rings. The van der Waals surface area contributed by atoms with Crippen molar-refractivity contribution in [2.45, 2.75) is 0 Å². The Kier molecular flexibility index (Phi) is 266. The molecule has 0 spiro atoms. The summed E-state index contributed by atoms with van der Waals surface area (Å²) in [5, 5.41) is 0. The Morgan fingerprint density at radius 3 is 0.400 bits per heavy atom. The van der Waals surface area contributed by atoms with Gasteiger partial charge in [-0.15, -0.1) is 0 Å². The SMILES string of the molecule is [Al].[Al].[Al].[Al].[Mo]. The molecule has 0 saturated heterocycles. The van der Waals surface area contributed by atoms with Crippen LogP contribution in [0.15, 0.2) is 0 Å². The maximum atomic E-state index is 0. The van der Waals surface area contributed by atoms with Crippen LogP contribution in [-0.4, -0.2) is 69.4 Å². The molecule has 0 fully saturated rings. The maximum Gasteiger partial charge on any atom is 0 e. The van der Waals surface area contributed by atoms with Gasteiger partial charge in [0.05, 0.1) is 0 Å². The quantitative estimate of drug-likeness (QED) is 0.420. The molecule has 0 saturated carbocycles. The van der Waals surface area contributed by atoms with Crippen molar-refractivity contribution in [3.8, 4) is 0 Å². The third-order valence-electron chi connectivity index (χ3n) is 0. The van der Waals surface area contributed by atoms with Gasteiger partial charge in [-0.2, -0.15) is 0 Å². The largest absolute Gasteiger partial charge is 0 e. The molecule has 18 valence electrons. The Labute approximate surface area is 89.3 Å². The summed E-state index contributed by atoms with van der Waals surface area (Å²) in [7, 11) is 0. The standard InChI is InChI=1S/4Al.Mo.